The van der Waals surface area contributed by atoms with Gasteiger partial charge in [-0.3, -0.25) is 4.79 Å². The third kappa shape index (κ3) is 6.08. The maximum Gasteiger partial charge on any atom is 0.221 e. The van der Waals surface area contributed by atoms with E-state index in [1.165, 1.54) is 32.4 Å². The van der Waals surface area contributed by atoms with Gasteiger partial charge in [0.25, 0.3) is 0 Å². The number of carbonyl (C=O) groups is 1. The molecule has 1 heterocycles. The van der Waals surface area contributed by atoms with Crippen LogP contribution in [0.1, 0.15) is 25.7 Å². The summed E-state index contributed by atoms with van der Waals surface area (Å²) >= 11 is 0. The normalized spacial score (nSPS) is 17.7. The van der Waals surface area contributed by atoms with Crippen molar-refractivity contribution in [3.63, 3.8) is 0 Å². The first-order valence-electron chi connectivity index (χ1n) is 6.32. The molecule has 0 aromatic heterocycles. The van der Waals surface area contributed by atoms with E-state index in [1.807, 2.05) is 14.1 Å². The van der Waals surface area contributed by atoms with Crippen LogP contribution in [0.5, 0.6) is 0 Å². The van der Waals surface area contributed by atoms with Crippen LogP contribution in [0.25, 0.3) is 0 Å². The number of likely N-dealkylation sites (tertiary alicyclic amines) is 1. The van der Waals surface area contributed by atoms with Crippen LogP contribution in [0.2, 0.25) is 0 Å². The van der Waals surface area contributed by atoms with Crippen LogP contribution < -0.4 is 5.32 Å². The first-order chi connectivity index (χ1) is 7.68. The summed E-state index contributed by atoms with van der Waals surface area (Å²) in [4.78, 5) is 16.0. The van der Waals surface area contributed by atoms with Crippen molar-refractivity contribution in [2.45, 2.75) is 25.7 Å². The topological polar surface area (TPSA) is 35.6 Å². The van der Waals surface area contributed by atoms with Gasteiger partial charge in [0.05, 0.1) is 0 Å². The third-order valence-corrected chi connectivity index (χ3v) is 2.98. The molecule has 1 rings (SSSR count). The summed E-state index contributed by atoms with van der Waals surface area (Å²) in [5, 5.41) is 2.95. The van der Waals surface area contributed by atoms with Crippen LogP contribution in [0.4, 0.5) is 0 Å². The van der Waals surface area contributed by atoms with Crippen LogP contribution in [-0.2, 0) is 4.79 Å². The number of nitrogens with one attached hydrogen (secondary N) is 1. The molecule has 4 heteroatoms. The average Bonchev–Trinajstić information content (AvgIpc) is 2.27. The van der Waals surface area contributed by atoms with Gasteiger partial charge < -0.3 is 15.1 Å². The average molecular weight is 227 g/mol. The molecule has 1 aliphatic heterocycles. The van der Waals surface area contributed by atoms with Gasteiger partial charge in [-0.05, 0) is 40.0 Å². The number of carbonyl (C=O) groups excluding carboxylic acids is 1. The van der Waals surface area contributed by atoms with E-state index in [-0.39, 0.29) is 5.91 Å². The van der Waals surface area contributed by atoms with Crippen LogP contribution in [0, 0.1) is 0 Å². The molecule has 0 aliphatic carbocycles. The summed E-state index contributed by atoms with van der Waals surface area (Å²) in [5.74, 6) is 0.187. The zero-order valence-corrected chi connectivity index (χ0v) is 10.7. The number of rotatable bonds is 6. The zero-order valence-electron chi connectivity index (χ0n) is 10.7. The predicted molar refractivity (Wildman–Crippen MR) is 66.5 cm³/mol. The number of hydrogen-bond acceptors (Lipinski definition) is 3. The van der Waals surface area contributed by atoms with E-state index in [9.17, 15) is 4.79 Å². The Morgan fingerprint density at radius 1 is 1.25 bits per heavy atom. The van der Waals surface area contributed by atoms with Crippen molar-refractivity contribution < 1.29 is 4.79 Å². The molecule has 1 N–H and O–H groups in total. The lowest BCUT2D eigenvalue weighted by molar-refractivity contribution is -0.121. The highest BCUT2D eigenvalue weighted by atomic mass is 16.1. The highest BCUT2D eigenvalue weighted by Gasteiger charge is 2.11. The summed E-state index contributed by atoms with van der Waals surface area (Å²) in [6, 6.07) is 0. The molecule has 4 nitrogen and oxygen atoms in total. The summed E-state index contributed by atoms with van der Waals surface area (Å²) in [6.45, 7) is 4.94. The number of piperidine rings is 1. The number of hydrogen-bond donors (Lipinski definition) is 1. The first-order valence-corrected chi connectivity index (χ1v) is 6.32. The van der Waals surface area contributed by atoms with E-state index >= 15 is 0 Å². The van der Waals surface area contributed by atoms with Gasteiger partial charge in [0, 0.05) is 26.1 Å². The monoisotopic (exact) mass is 227 g/mol. The second-order valence-corrected chi connectivity index (χ2v) is 4.81. The molecule has 0 spiro atoms. The Balaban J connectivity index is 2.00. The van der Waals surface area contributed by atoms with Crippen molar-refractivity contribution in [3.8, 4) is 0 Å². The molecular weight excluding hydrogens is 202 g/mol. The quantitative estimate of drug-likeness (QED) is 0.719. The maximum absolute atomic E-state index is 11.5. The fraction of sp³-hybridized carbons (Fsp3) is 0.917. The van der Waals surface area contributed by atoms with Crippen molar-refractivity contribution in [1.29, 1.82) is 0 Å². The van der Waals surface area contributed by atoms with Gasteiger partial charge in [-0.25, -0.2) is 0 Å². The second kappa shape index (κ2) is 7.63. The van der Waals surface area contributed by atoms with E-state index in [0.29, 0.717) is 6.42 Å². The fourth-order valence-corrected chi connectivity index (χ4v) is 1.95. The molecule has 1 amide bonds. The second-order valence-electron chi connectivity index (χ2n) is 4.81. The standard InChI is InChI=1S/C12H25N3O/c1-14(2)11-7-13-12(16)6-10-15-8-4-3-5-9-15/h3-11H2,1-2H3,(H,13,16). The minimum absolute atomic E-state index is 0.187. The van der Waals surface area contributed by atoms with E-state index in [1.54, 1.807) is 0 Å². The Bertz CT molecular complexity index is 200. The summed E-state index contributed by atoms with van der Waals surface area (Å²) < 4.78 is 0. The fourth-order valence-electron chi connectivity index (χ4n) is 1.95. The zero-order chi connectivity index (χ0) is 11.8. The van der Waals surface area contributed by atoms with E-state index in [0.717, 1.165) is 19.6 Å². The number of amides is 1. The minimum atomic E-state index is 0.187. The van der Waals surface area contributed by atoms with Gasteiger partial charge in [0.15, 0.2) is 0 Å². The number of nitrogens with zero attached hydrogens (tertiary/aromatic N) is 2. The van der Waals surface area contributed by atoms with Crippen molar-refractivity contribution in [2.24, 2.45) is 0 Å². The van der Waals surface area contributed by atoms with Gasteiger partial charge in [0.2, 0.25) is 5.91 Å². The minimum Gasteiger partial charge on any atom is -0.355 e. The van der Waals surface area contributed by atoms with Crippen LogP contribution >= 0.6 is 0 Å². The van der Waals surface area contributed by atoms with Crippen molar-refractivity contribution in [1.82, 2.24) is 15.1 Å². The molecule has 16 heavy (non-hydrogen) atoms. The smallest absolute Gasteiger partial charge is 0.221 e. The lowest BCUT2D eigenvalue weighted by Gasteiger charge is -2.26. The Morgan fingerprint density at radius 3 is 2.56 bits per heavy atom. The van der Waals surface area contributed by atoms with Gasteiger partial charge in [-0.15, -0.1) is 0 Å². The van der Waals surface area contributed by atoms with Gasteiger partial charge in [-0.2, -0.15) is 0 Å². The predicted octanol–water partition coefficient (Wildman–Crippen LogP) is 0.540. The molecule has 0 aromatic carbocycles. The molecule has 94 valence electrons. The van der Waals surface area contributed by atoms with E-state index in [2.05, 4.69) is 15.1 Å². The Kier molecular flexibility index (Phi) is 6.42. The van der Waals surface area contributed by atoms with Gasteiger partial charge in [-0.1, -0.05) is 6.42 Å². The molecule has 0 atom stereocenters. The molecular formula is C12H25N3O. The SMILES string of the molecule is CN(C)CCNC(=O)CCN1CCCCC1. The first kappa shape index (κ1) is 13.5. The Morgan fingerprint density at radius 2 is 1.94 bits per heavy atom. The van der Waals surface area contributed by atoms with Gasteiger partial charge in [0.1, 0.15) is 0 Å². The van der Waals surface area contributed by atoms with Crippen LogP contribution in [0.3, 0.4) is 0 Å². The van der Waals surface area contributed by atoms with E-state index < -0.39 is 0 Å². The lowest BCUT2D eigenvalue weighted by Crippen LogP contribution is -2.36. The Labute approximate surface area is 99.0 Å². The van der Waals surface area contributed by atoms with Crippen LogP contribution in [-0.4, -0.2) is 62.5 Å². The molecule has 0 radical (unpaired) electrons. The van der Waals surface area contributed by atoms with Crippen molar-refractivity contribution in [3.05, 3.63) is 0 Å². The molecule has 1 saturated heterocycles. The number of likely N-dealkylation sites (N-methyl/N-ethyl adjacent to an activating group) is 1. The third-order valence-electron chi connectivity index (χ3n) is 2.98. The van der Waals surface area contributed by atoms with Crippen molar-refractivity contribution >= 4 is 5.91 Å². The molecule has 0 bridgehead atoms. The van der Waals surface area contributed by atoms with Crippen molar-refractivity contribution in [2.75, 3.05) is 46.8 Å². The summed E-state index contributed by atoms with van der Waals surface area (Å²) in [6.07, 6.45) is 4.59. The van der Waals surface area contributed by atoms with Gasteiger partial charge >= 0.3 is 0 Å². The summed E-state index contributed by atoms with van der Waals surface area (Å²) in [7, 11) is 4.03. The molecule has 1 fully saturated rings. The van der Waals surface area contributed by atoms with Crippen LogP contribution in [0.15, 0.2) is 0 Å². The molecule has 0 saturated carbocycles. The lowest BCUT2D eigenvalue weighted by atomic mass is 10.1. The molecule has 0 unspecified atom stereocenters. The molecule has 0 aromatic rings. The maximum atomic E-state index is 11.5. The van der Waals surface area contributed by atoms with E-state index in [4.69, 9.17) is 0 Å². The highest BCUT2D eigenvalue weighted by molar-refractivity contribution is 5.76. The Hall–Kier alpha value is -0.610. The largest absolute Gasteiger partial charge is 0.355 e. The highest BCUT2D eigenvalue weighted by Crippen LogP contribution is 2.08. The molecule has 1 aliphatic rings. The summed E-state index contributed by atoms with van der Waals surface area (Å²) in [5.41, 5.74) is 0.